The molecule has 0 saturated heterocycles. The van der Waals surface area contributed by atoms with E-state index in [0.29, 0.717) is 11.0 Å². The van der Waals surface area contributed by atoms with Crippen molar-refractivity contribution in [1.29, 1.82) is 0 Å². The number of anilines is 1. The van der Waals surface area contributed by atoms with Crippen molar-refractivity contribution in [3.8, 4) is 16.5 Å². The number of pyridine rings is 1. The van der Waals surface area contributed by atoms with Crippen LogP contribution in [-0.2, 0) is 0 Å². The smallest absolute Gasteiger partial charge is 0.213 e. The zero-order chi connectivity index (χ0) is 9.97. The summed E-state index contributed by atoms with van der Waals surface area (Å²) in [5.74, 6) is 0.592. The van der Waals surface area contributed by atoms with Gasteiger partial charge in [-0.15, -0.1) is 0 Å². The van der Waals surface area contributed by atoms with Gasteiger partial charge in [-0.3, -0.25) is 0 Å². The fourth-order valence-electron chi connectivity index (χ4n) is 1.07. The van der Waals surface area contributed by atoms with Crippen LogP contribution in [0.5, 0.6) is 5.88 Å². The molecule has 2 aromatic heterocycles. The predicted octanol–water partition coefficient (Wildman–Crippen LogP) is 1.80. The second kappa shape index (κ2) is 3.63. The lowest BCUT2D eigenvalue weighted by Crippen LogP contribution is -1.87. The van der Waals surface area contributed by atoms with Gasteiger partial charge in [0.1, 0.15) is 0 Å². The van der Waals surface area contributed by atoms with Crippen molar-refractivity contribution in [2.45, 2.75) is 0 Å². The summed E-state index contributed by atoms with van der Waals surface area (Å²) in [5, 5.41) is 0.546. The molecule has 0 aliphatic rings. The topological polar surface area (TPSA) is 61.0 Å². The maximum absolute atomic E-state index is 5.53. The average Bonchev–Trinajstić information content (AvgIpc) is 2.65. The lowest BCUT2D eigenvalue weighted by Gasteiger charge is -1.99. The van der Waals surface area contributed by atoms with Crippen molar-refractivity contribution in [1.82, 2.24) is 9.97 Å². The molecule has 0 bridgehead atoms. The SMILES string of the molecule is COc1cccc(-c2cnc(N)s2)n1. The summed E-state index contributed by atoms with van der Waals surface area (Å²) in [5.41, 5.74) is 6.37. The fraction of sp³-hybridized carbons (Fsp3) is 0.111. The molecular formula is C9H9N3OS. The Bertz CT molecular complexity index is 441. The van der Waals surface area contributed by atoms with E-state index in [0.717, 1.165) is 10.6 Å². The van der Waals surface area contributed by atoms with Gasteiger partial charge in [-0.05, 0) is 6.07 Å². The maximum Gasteiger partial charge on any atom is 0.213 e. The first kappa shape index (κ1) is 8.96. The van der Waals surface area contributed by atoms with E-state index < -0.39 is 0 Å². The number of nitrogens with two attached hydrogens (primary N) is 1. The largest absolute Gasteiger partial charge is 0.481 e. The normalized spacial score (nSPS) is 10.1. The van der Waals surface area contributed by atoms with Gasteiger partial charge in [0.15, 0.2) is 5.13 Å². The number of nitrogens with zero attached hydrogens (tertiary/aromatic N) is 2. The summed E-state index contributed by atoms with van der Waals surface area (Å²) in [6, 6.07) is 5.58. The summed E-state index contributed by atoms with van der Waals surface area (Å²) in [7, 11) is 1.59. The van der Waals surface area contributed by atoms with E-state index in [1.165, 1.54) is 11.3 Å². The summed E-state index contributed by atoms with van der Waals surface area (Å²) in [6.07, 6.45) is 1.71. The van der Waals surface area contributed by atoms with E-state index in [1.54, 1.807) is 19.4 Å². The van der Waals surface area contributed by atoms with Crippen molar-refractivity contribution < 1.29 is 4.74 Å². The molecule has 0 amide bonds. The first-order valence-electron chi connectivity index (χ1n) is 4.02. The average molecular weight is 207 g/mol. The third kappa shape index (κ3) is 1.67. The van der Waals surface area contributed by atoms with Gasteiger partial charge < -0.3 is 10.5 Å². The lowest BCUT2D eigenvalue weighted by molar-refractivity contribution is 0.398. The summed E-state index contributed by atoms with van der Waals surface area (Å²) >= 11 is 1.41. The van der Waals surface area contributed by atoms with Gasteiger partial charge in [0.05, 0.1) is 17.7 Å². The van der Waals surface area contributed by atoms with Crippen LogP contribution >= 0.6 is 11.3 Å². The third-order valence-corrected chi connectivity index (χ3v) is 2.56. The number of thiazole rings is 1. The van der Waals surface area contributed by atoms with Crippen LogP contribution in [0.4, 0.5) is 5.13 Å². The number of aromatic nitrogens is 2. The van der Waals surface area contributed by atoms with Gasteiger partial charge in [0.2, 0.25) is 5.88 Å². The molecule has 0 aliphatic carbocycles. The molecule has 5 heteroatoms. The molecule has 2 heterocycles. The monoisotopic (exact) mass is 207 g/mol. The number of hydrogen-bond donors (Lipinski definition) is 1. The summed E-state index contributed by atoms with van der Waals surface area (Å²) in [4.78, 5) is 9.18. The second-order valence-electron chi connectivity index (χ2n) is 2.63. The van der Waals surface area contributed by atoms with Gasteiger partial charge in [0.25, 0.3) is 0 Å². The molecule has 0 aliphatic heterocycles. The van der Waals surface area contributed by atoms with Crippen molar-refractivity contribution in [3.05, 3.63) is 24.4 Å². The Morgan fingerprint density at radius 3 is 2.93 bits per heavy atom. The molecular weight excluding hydrogens is 198 g/mol. The Morgan fingerprint density at radius 1 is 1.43 bits per heavy atom. The Kier molecular flexibility index (Phi) is 2.32. The fourth-order valence-corrected chi connectivity index (χ4v) is 1.73. The molecule has 2 N–H and O–H groups in total. The predicted molar refractivity (Wildman–Crippen MR) is 56.3 cm³/mol. The van der Waals surface area contributed by atoms with E-state index in [1.807, 2.05) is 12.1 Å². The minimum atomic E-state index is 0.546. The van der Waals surface area contributed by atoms with Crippen molar-refractivity contribution >= 4 is 16.5 Å². The molecule has 72 valence electrons. The third-order valence-electron chi connectivity index (χ3n) is 1.71. The number of methoxy groups -OCH3 is 1. The quantitative estimate of drug-likeness (QED) is 0.815. The number of ether oxygens (including phenoxy) is 1. The minimum absolute atomic E-state index is 0.546. The highest BCUT2D eigenvalue weighted by atomic mass is 32.1. The molecule has 0 aromatic carbocycles. The van der Waals surface area contributed by atoms with Gasteiger partial charge in [-0.25, -0.2) is 9.97 Å². The van der Waals surface area contributed by atoms with E-state index in [-0.39, 0.29) is 0 Å². The van der Waals surface area contributed by atoms with Crippen LogP contribution in [0, 0.1) is 0 Å². The highest BCUT2D eigenvalue weighted by molar-refractivity contribution is 7.18. The van der Waals surface area contributed by atoms with Crippen LogP contribution in [-0.4, -0.2) is 17.1 Å². The van der Waals surface area contributed by atoms with E-state index >= 15 is 0 Å². The van der Waals surface area contributed by atoms with Crippen molar-refractivity contribution in [2.24, 2.45) is 0 Å². The van der Waals surface area contributed by atoms with Gasteiger partial charge >= 0.3 is 0 Å². The molecule has 0 unspecified atom stereocenters. The highest BCUT2D eigenvalue weighted by Gasteiger charge is 2.04. The standard InChI is InChI=1S/C9H9N3OS/c1-13-8-4-2-3-6(12-8)7-5-11-9(10)14-7/h2-5H,1H3,(H2,10,11). The Hall–Kier alpha value is -1.62. The van der Waals surface area contributed by atoms with Crippen molar-refractivity contribution in [2.75, 3.05) is 12.8 Å². The number of nitrogen functional groups attached to an aromatic ring is 1. The second-order valence-corrected chi connectivity index (χ2v) is 3.69. The molecule has 2 rings (SSSR count). The molecule has 0 fully saturated rings. The molecule has 0 saturated carbocycles. The Balaban J connectivity index is 2.41. The molecule has 2 aromatic rings. The van der Waals surface area contributed by atoms with E-state index in [4.69, 9.17) is 10.5 Å². The van der Waals surface area contributed by atoms with Gasteiger partial charge in [-0.2, -0.15) is 0 Å². The molecule has 0 radical (unpaired) electrons. The van der Waals surface area contributed by atoms with Crippen LogP contribution in [0.15, 0.2) is 24.4 Å². The van der Waals surface area contributed by atoms with Crippen LogP contribution in [0.3, 0.4) is 0 Å². The Labute approximate surface area is 85.4 Å². The zero-order valence-corrected chi connectivity index (χ0v) is 8.41. The number of rotatable bonds is 2. The molecule has 14 heavy (non-hydrogen) atoms. The molecule has 0 spiro atoms. The summed E-state index contributed by atoms with van der Waals surface area (Å²) in [6.45, 7) is 0. The summed E-state index contributed by atoms with van der Waals surface area (Å²) < 4.78 is 5.02. The minimum Gasteiger partial charge on any atom is -0.481 e. The van der Waals surface area contributed by atoms with Crippen LogP contribution in [0.2, 0.25) is 0 Å². The van der Waals surface area contributed by atoms with Crippen molar-refractivity contribution in [3.63, 3.8) is 0 Å². The van der Waals surface area contributed by atoms with Gasteiger partial charge in [0, 0.05) is 12.3 Å². The Morgan fingerprint density at radius 2 is 2.29 bits per heavy atom. The lowest BCUT2D eigenvalue weighted by atomic mass is 10.3. The van der Waals surface area contributed by atoms with Gasteiger partial charge in [-0.1, -0.05) is 17.4 Å². The van der Waals surface area contributed by atoms with E-state index in [9.17, 15) is 0 Å². The number of hydrogen-bond acceptors (Lipinski definition) is 5. The first-order valence-corrected chi connectivity index (χ1v) is 4.84. The first-order chi connectivity index (χ1) is 6.79. The van der Waals surface area contributed by atoms with Crippen LogP contribution in [0.1, 0.15) is 0 Å². The van der Waals surface area contributed by atoms with Crippen LogP contribution in [0.25, 0.3) is 10.6 Å². The van der Waals surface area contributed by atoms with Crippen LogP contribution < -0.4 is 10.5 Å². The molecule has 4 nitrogen and oxygen atoms in total. The highest BCUT2D eigenvalue weighted by Crippen LogP contribution is 2.26. The zero-order valence-electron chi connectivity index (χ0n) is 7.60. The van der Waals surface area contributed by atoms with E-state index in [2.05, 4.69) is 9.97 Å². The maximum atomic E-state index is 5.53. The molecule has 0 atom stereocenters.